The quantitative estimate of drug-likeness (QED) is 0.868. The Labute approximate surface area is 120 Å². The van der Waals surface area contributed by atoms with E-state index in [1.807, 2.05) is 23.7 Å². The first-order valence-electron chi connectivity index (χ1n) is 6.32. The van der Waals surface area contributed by atoms with Gasteiger partial charge in [-0.25, -0.2) is 4.39 Å². The average molecular weight is 324 g/mol. The van der Waals surface area contributed by atoms with E-state index in [1.165, 1.54) is 5.56 Å². The number of alkyl halides is 1. The summed E-state index contributed by atoms with van der Waals surface area (Å²) in [6, 6.07) is 8.16. The van der Waals surface area contributed by atoms with Crippen LogP contribution in [0.15, 0.2) is 35.1 Å². The van der Waals surface area contributed by atoms with Crippen molar-refractivity contribution in [3.63, 3.8) is 0 Å². The third kappa shape index (κ3) is 2.31. The fourth-order valence-corrected chi connectivity index (χ4v) is 3.26. The second-order valence-electron chi connectivity index (χ2n) is 5.33. The molecule has 0 saturated heterocycles. The minimum atomic E-state index is -0.702. The van der Waals surface area contributed by atoms with E-state index in [2.05, 4.69) is 38.3 Å². The summed E-state index contributed by atoms with van der Waals surface area (Å²) in [7, 11) is 1.93. The van der Waals surface area contributed by atoms with Gasteiger partial charge in [-0.1, -0.05) is 28.1 Å². The van der Waals surface area contributed by atoms with Crippen LogP contribution in [0.25, 0.3) is 0 Å². The van der Waals surface area contributed by atoms with Gasteiger partial charge in [-0.15, -0.1) is 10.2 Å². The third-order valence-electron chi connectivity index (χ3n) is 3.96. The Balaban J connectivity index is 1.94. The third-order valence-corrected chi connectivity index (χ3v) is 4.46. The van der Waals surface area contributed by atoms with Crippen molar-refractivity contribution in [1.82, 2.24) is 14.8 Å². The first-order chi connectivity index (χ1) is 9.09. The number of hydrogen-bond acceptors (Lipinski definition) is 2. The maximum Gasteiger partial charge on any atom is 0.133 e. The van der Waals surface area contributed by atoms with Crippen molar-refractivity contribution in [3.05, 3.63) is 46.5 Å². The van der Waals surface area contributed by atoms with Crippen LogP contribution in [0.4, 0.5) is 4.39 Å². The Morgan fingerprint density at radius 1 is 1.47 bits per heavy atom. The van der Waals surface area contributed by atoms with Gasteiger partial charge in [-0.05, 0) is 30.5 Å². The van der Waals surface area contributed by atoms with Crippen LogP contribution in [0.1, 0.15) is 24.2 Å². The van der Waals surface area contributed by atoms with Crippen LogP contribution in [-0.4, -0.2) is 20.9 Å². The largest absolute Gasteiger partial charge is 0.321 e. The Morgan fingerprint density at radius 3 is 2.84 bits per heavy atom. The zero-order valence-corrected chi connectivity index (χ0v) is 12.3. The van der Waals surface area contributed by atoms with Crippen molar-refractivity contribution in [2.24, 2.45) is 7.05 Å². The lowest BCUT2D eigenvalue weighted by Crippen LogP contribution is -2.45. The van der Waals surface area contributed by atoms with Gasteiger partial charge in [0.05, 0.1) is 0 Å². The highest BCUT2D eigenvalue weighted by Crippen LogP contribution is 2.48. The number of aryl methyl sites for hydroxylation is 1. The number of halogens is 2. The van der Waals surface area contributed by atoms with Gasteiger partial charge in [0.15, 0.2) is 0 Å². The van der Waals surface area contributed by atoms with Gasteiger partial charge in [0.1, 0.15) is 18.3 Å². The molecule has 1 aromatic carbocycles. The molecule has 3 nitrogen and oxygen atoms in total. The molecule has 3 rings (SSSR count). The van der Waals surface area contributed by atoms with E-state index in [1.54, 1.807) is 6.33 Å². The van der Waals surface area contributed by atoms with E-state index in [9.17, 15) is 4.39 Å². The molecule has 1 aromatic heterocycles. The highest BCUT2D eigenvalue weighted by molar-refractivity contribution is 9.10. The lowest BCUT2D eigenvalue weighted by atomic mass is 9.61. The van der Waals surface area contributed by atoms with Gasteiger partial charge in [0.2, 0.25) is 0 Å². The van der Waals surface area contributed by atoms with Crippen molar-refractivity contribution in [3.8, 4) is 0 Å². The van der Waals surface area contributed by atoms with Crippen LogP contribution >= 0.6 is 15.9 Å². The number of aromatic nitrogens is 3. The number of benzene rings is 1. The Bertz CT molecular complexity index is 590. The van der Waals surface area contributed by atoms with Crippen LogP contribution in [0.5, 0.6) is 0 Å². The van der Waals surface area contributed by atoms with E-state index in [0.29, 0.717) is 12.8 Å². The monoisotopic (exact) mass is 323 g/mol. The summed E-state index contributed by atoms with van der Waals surface area (Å²) in [6.07, 6.45) is 2.86. The molecule has 0 amide bonds. The molecule has 1 saturated carbocycles. The normalized spacial score (nSPS) is 26.2. The van der Waals surface area contributed by atoms with E-state index in [-0.39, 0.29) is 5.41 Å². The van der Waals surface area contributed by atoms with Crippen molar-refractivity contribution >= 4 is 15.9 Å². The minimum Gasteiger partial charge on any atom is -0.321 e. The zero-order valence-electron chi connectivity index (χ0n) is 10.7. The maximum atomic E-state index is 13.5. The highest BCUT2D eigenvalue weighted by atomic mass is 79.9. The SMILES string of the molecule is Cn1cnnc1CC1(c2cccc(Br)c2)CC(F)C1. The van der Waals surface area contributed by atoms with Gasteiger partial charge in [0, 0.05) is 23.4 Å². The summed E-state index contributed by atoms with van der Waals surface area (Å²) in [5.74, 6) is 0.909. The van der Waals surface area contributed by atoms with E-state index in [0.717, 1.165) is 16.7 Å². The van der Waals surface area contributed by atoms with Crippen LogP contribution in [0.3, 0.4) is 0 Å². The summed E-state index contributed by atoms with van der Waals surface area (Å²) in [4.78, 5) is 0. The molecule has 0 aliphatic heterocycles. The fraction of sp³-hybridized carbons (Fsp3) is 0.429. The summed E-state index contributed by atoms with van der Waals surface area (Å²) in [5.41, 5.74) is 1.04. The predicted octanol–water partition coefficient (Wildman–Crippen LogP) is 3.19. The molecule has 2 aromatic rings. The lowest BCUT2D eigenvalue weighted by molar-refractivity contribution is 0.0910. The standard InChI is InChI=1S/C14H15BrFN3/c1-19-9-17-18-13(19)8-14(6-12(16)7-14)10-3-2-4-11(15)5-10/h2-5,9,12H,6-8H2,1H3. The molecule has 1 heterocycles. The lowest BCUT2D eigenvalue weighted by Gasteiger charge is -2.44. The van der Waals surface area contributed by atoms with Crippen molar-refractivity contribution in [2.45, 2.75) is 30.8 Å². The van der Waals surface area contributed by atoms with Crippen LogP contribution in [0.2, 0.25) is 0 Å². The zero-order chi connectivity index (χ0) is 13.5. The first-order valence-corrected chi connectivity index (χ1v) is 7.11. The van der Waals surface area contributed by atoms with Crippen LogP contribution < -0.4 is 0 Å². The number of nitrogens with zero attached hydrogens (tertiary/aromatic N) is 3. The molecule has 100 valence electrons. The molecule has 19 heavy (non-hydrogen) atoms. The molecule has 5 heteroatoms. The highest BCUT2D eigenvalue weighted by Gasteiger charge is 2.46. The molecule has 1 aliphatic rings. The second-order valence-corrected chi connectivity index (χ2v) is 6.25. The molecular weight excluding hydrogens is 309 g/mol. The van der Waals surface area contributed by atoms with Crippen molar-refractivity contribution in [1.29, 1.82) is 0 Å². The second kappa shape index (κ2) is 4.71. The van der Waals surface area contributed by atoms with Crippen molar-refractivity contribution in [2.75, 3.05) is 0 Å². The summed E-state index contributed by atoms with van der Waals surface area (Å²) in [5, 5.41) is 8.04. The van der Waals surface area contributed by atoms with E-state index < -0.39 is 6.17 Å². The Kier molecular flexibility index (Phi) is 3.17. The van der Waals surface area contributed by atoms with Gasteiger partial charge < -0.3 is 4.57 Å². The smallest absolute Gasteiger partial charge is 0.133 e. The molecule has 0 radical (unpaired) electrons. The molecule has 0 bridgehead atoms. The molecule has 1 fully saturated rings. The fourth-order valence-electron chi connectivity index (χ4n) is 2.86. The number of hydrogen-bond donors (Lipinski definition) is 0. The minimum absolute atomic E-state index is 0.135. The summed E-state index contributed by atoms with van der Waals surface area (Å²) >= 11 is 3.49. The van der Waals surface area contributed by atoms with Crippen molar-refractivity contribution < 1.29 is 4.39 Å². The molecule has 0 N–H and O–H groups in total. The summed E-state index contributed by atoms with van der Waals surface area (Å²) < 4.78 is 16.4. The summed E-state index contributed by atoms with van der Waals surface area (Å²) in [6.45, 7) is 0. The predicted molar refractivity (Wildman–Crippen MR) is 74.7 cm³/mol. The van der Waals surface area contributed by atoms with Gasteiger partial charge in [-0.2, -0.15) is 0 Å². The maximum absolute atomic E-state index is 13.5. The van der Waals surface area contributed by atoms with Gasteiger partial charge in [-0.3, -0.25) is 0 Å². The molecule has 0 spiro atoms. The number of rotatable bonds is 3. The Morgan fingerprint density at radius 2 is 2.26 bits per heavy atom. The average Bonchev–Trinajstić information content (AvgIpc) is 2.72. The van der Waals surface area contributed by atoms with Gasteiger partial charge in [0.25, 0.3) is 0 Å². The molecular formula is C14H15BrFN3. The van der Waals surface area contributed by atoms with Gasteiger partial charge >= 0.3 is 0 Å². The first kappa shape index (κ1) is 12.8. The van der Waals surface area contributed by atoms with Crippen LogP contribution in [-0.2, 0) is 18.9 Å². The topological polar surface area (TPSA) is 30.7 Å². The molecule has 0 unspecified atom stereocenters. The van der Waals surface area contributed by atoms with Crippen LogP contribution in [0, 0.1) is 0 Å². The van der Waals surface area contributed by atoms with E-state index >= 15 is 0 Å². The molecule has 0 atom stereocenters. The molecule has 1 aliphatic carbocycles. The van der Waals surface area contributed by atoms with E-state index in [4.69, 9.17) is 0 Å². The Hall–Kier alpha value is -1.23.